The van der Waals surface area contributed by atoms with Gasteiger partial charge in [0.05, 0.1) is 13.7 Å². The van der Waals surface area contributed by atoms with Crippen molar-refractivity contribution in [1.82, 2.24) is 29.4 Å². The summed E-state index contributed by atoms with van der Waals surface area (Å²) in [6.07, 6.45) is 5.66. The van der Waals surface area contributed by atoms with E-state index in [1.165, 1.54) is 19.7 Å². The van der Waals surface area contributed by atoms with Gasteiger partial charge in [0.25, 0.3) is 0 Å². The van der Waals surface area contributed by atoms with Gasteiger partial charge in [-0.1, -0.05) is 6.92 Å². The van der Waals surface area contributed by atoms with Gasteiger partial charge in [0.15, 0.2) is 11.2 Å². The minimum absolute atomic E-state index is 0.119. The standard InChI is InChI=1S/C20H25N7O4S/c1-5-15(28)27-7-6-13(10-27)31-20-16-18(22-11-23-20)26(2)17(24-16)12-8-14(25-32(4)29)19(30-3)21-9-12/h8-9,11,13,25H,5-7,10H2,1-4H3/t13-,32?/m0/s1. The van der Waals surface area contributed by atoms with Crippen molar-refractivity contribution in [3.05, 3.63) is 18.6 Å². The molecule has 0 radical (unpaired) electrons. The molecule has 3 aromatic rings. The van der Waals surface area contributed by atoms with Crippen molar-refractivity contribution in [3.63, 3.8) is 0 Å². The Bertz CT molecular complexity index is 1180. The van der Waals surface area contributed by atoms with Crippen LogP contribution in [0.5, 0.6) is 11.8 Å². The number of imidazole rings is 1. The number of carbonyl (C=O) groups is 1. The van der Waals surface area contributed by atoms with E-state index in [0.29, 0.717) is 59.5 Å². The molecule has 1 aliphatic rings. The van der Waals surface area contributed by atoms with E-state index in [1.807, 2.05) is 23.4 Å². The van der Waals surface area contributed by atoms with Gasteiger partial charge >= 0.3 is 0 Å². The number of fused-ring (bicyclic) bond motifs is 1. The SMILES string of the molecule is CCC(=O)N1CC[C@H](Oc2ncnc3c2nc(-c2cnc(OC)c(NS(C)=O)c2)n3C)C1. The van der Waals surface area contributed by atoms with Crippen LogP contribution in [-0.4, -0.2) is 72.1 Å². The molecule has 32 heavy (non-hydrogen) atoms. The zero-order chi connectivity index (χ0) is 22.8. The predicted octanol–water partition coefficient (Wildman–Crippen LogP) is 1.53. The molecule has 1 aliphatic heterocycles. The largest absolute Gasteiger partial charge is 0.480 e. The lowest BCUT2D eigenvalue weighted by atomic mass is 10.2. The Balaban J connectivity index is 1.67. The lowest BCUT2D eigenvalue weighted by Crippen LogP contribution is -2.30. The Morgan fingerprint density at radius 3 is 2.84 bits per heavy atom. The zero-order valence-electron chi connectivity index (χ0n) is 18.4. The van der Waals surface area contributed by atoms with Gasteiger partial charge in [0.1, 0.15) is 34.9 Å². The highest BCUT2D eigenvalue weighted by molar-refractivity contribution is 7.85. The number of methoxy groups -OCH3 is 1. The van der Waals surface area contributed by atoms with Gasteiger partial charge in [-0.25, -0.2) is 19.2 Å². The number of carbonyl (C=O) groups excluding carboxylic acids is 1. The Labute approximate surface area is 187 Å². The van der Waals surface area contributed by atoms with Gasteiger partial charge < -0.3 is 23.7 Å². The molecule has 1 saturated heterocycles. The molecule has 1 unspecified atom stereocenters. The highest BCUT2D eigenvalue weighted by Gasteiger charge is 2.28. The number of pyridine rings is 1. The number of ether oxygens (including phenoxy) is 2. The fourth-order valence-corrected chi connectivity index (χ4v) is 4.18. The molecular weight excluding hydrogens is 434 g/mol. The average molecular weight is 460 g/mol. The molecule has 0 bridgehead atoms. The van der Waals surface area contributed by atoms with Crippen LogP contribution in [0.1, 0.15) is 19.8 Å². The lowest BCUT2D eigenvalue weighted by molar-refractivity contribution is -0.130. The van der Waals surface area contributed by atoms with E-state index in [-0.39, 0.29) is 12.0 Å². The van der Waals surface area contributed by atoms with Crippen LogP contribution in [0.2, 0.25) is 0 Å². The van der Waals surface area contributed by atoms with Gasteiger partial charge in [-0.3, -0.25) is 4.79 Å². The van der Waals surface area contributed by atoms with E-state index >= 15 is 0 Å². The van der Waals surface area contributed by atoms with E-state index in [2.05, 4.69) is 19.7 Å². The second kappa shape index (κ2) is 9.07. The minimum atomic E-state index is -1.29. The number of nitrogens with zero attached hydrogens (tertiary/aromatic N) is 6. The maximum Gasteiger partial charge on any atom is 0.245 e. The molecule has 1 N–H and O–H groups in total. The van der Waals surface area contributed by atoms with Crippen LogP contribution in [0.25, 0.3) is 22.6 Å². The quantitative estimate of drug-likeness (QED) is 0.564. The molecule has 11 nitrogen and oxygen atoms in total. The fraction of sp³-hybridized carbons (Fsp3) is 0.450. The lowest BCUT2D eigenvalue weighted by Gasteiger charge is -2.16. The zero-order valence-corrected chi connectivity index (χ0v) is 19.2. The summed E-state index contributed by atoms with van der Waals surface area (Å²) in [6.45, 7) is 3.06. The van der Waals surface area contributed by atoms with Crippen LogP contribution in [0.4, 0.5) is 5.69 Å². The normalized spacial score (nSPS) is 16.9. The topological polar surface area (TPSA) is 124 Å². The number of amides is 1. The summed E-state index contributed by atoms with van der Waals surface area (Å²) in [7, 11) is 2.04. The third-order valence-corrected chi connectivity index (χ3v) is 5.76. The first kappa shape index (κ1) is 21.9. The second-order valence-corrected chi connectivity index (χ2v) is 8.52. The van der Waals surface area contributed by atoms with Gasteiger partial charge in [0.2, 0.25) is 17.7 Å². The Hall–Kier alpha value is -3.28. The Kier molecular flexibility index (Phi) is 6.21. The van der Waals surface area contributed by atoms with Crippen molar-refractivity contribution >= 4 is 33.7 Å². The molecule has 3 aromatic heterocycles. The fourth-order valence-electron chi connectivity index (χ4n) is 3.72. The smallest absolute Gasteiger partial charge is 0.245 e. The molecular formula is C20H25N7O4S. The molecule has 1 fully saturated rings. The molecule has 4 heterocycles. The van der Waals surface area contributed by atoms with E-state index in [4.69, 9.17) is 14.5 Å². The van der Waals surface area contributed by atoms with E-state index in [1.54, 1.807) is 12.3 Å². The number of hydrogen-bond acceptors (Lipinski definition) is 8. The minimum Gasteiger partial charge on any atom is -0.480 e. The monoisotopic (exact) mass is 459 g/mol. The van der Waals surface area contributed by atoms with E-state index < -0.39 is 11.0 Å². The Morgan fingerprint density at radius 2 is 2.12 bits per heavy atom. The number of rotatable bonds is 7. The number of nitrogens with one attached hydrogen (secondary N) is 1. The van der Waals surface area contributed by atoms with Crippen LogP contribution in [0.3, 0.4) is 0 Å². The molecule has 2 atom stereocenters. The molecule has 1 amide bonds. The first-order chi connectivity index (χ1) is 15.4. The summed E-state index contributed by atoms with van der Waals surface area (Å²) >= 11 is 0. The van der Waals surface area contributed by atoms with Crippen molar-refractivity contribution in [2.45, 2.75) is 25.9 Å². The van der Waals surface area contributed by atoms with Crippen LogP contribution in [0, 0.1) is 0 Å². The summed E-state index contributed by atoms with van der Waals surface area (Å²) in [5, 5.41) is 0. The highest BCUT2D eigenvalue weighted by Crippen LogP contribution is 2.31. The number of hydrogen-bond donors (Lipinski definition) is 1. The summed E-state index contributed by atoms with van der Waals surface area (Å²) < 4.78 is 27.7. The molecule has 170 valence electrons. The van der Waals surface area contributed by atoms with Gasteiger partial charge in [-0.2, -0.15) is 4.98 Å². The first-order valence-electron chi connectivity index (χ1n) is 10.2. The molecule has 4 rings (SSSR count). The highest BCUT2D eigenvalue weighted by atomic mass is 32.2. The van der Waals surface area contributed by atoms with Crippen molar-refractivity contribution in [2.24, 2.45) is 7.05 Å². The Morgan fingerprint density at radius 1 is 1.31 bits per heavy atom. The van der Waals surface area contributed by atoms with Crippen molar-refractivity contribution in [1.29, 1.82) is 0 Å². The van der Waals surface area contributed by atoms with Crippen LogP contribution < -0.4 is 14.2 Å². The average Bonchev–Trinajstić information content (AvgIpc) is 3.38. The molecule has 0 saturated carbocycles. The molecule has 12 heteroatoms. The summed E-state index contributed by atoms with van der Waals surface area (Å²) in [6, 6.07) is 1.77. The van der Waals surface area contributed by atoms with Gasteiger partial charge in [-0.05, 0) is 6.07 Å². The number of likely N-dealkylation sites (tertiary alicyclic amines) is 1. The summed E-state index contributed by atoms with van der Waals surface area (Å²) in [5.41, 5.74) is 2.31. The van der Waals surface area contributed by atoms with Crippen LogP contribution in [0.15, 0.2) is 18.6 Å². The summed E-state index contributed by atoms with van der Waals surface area (Å²) in [5.74, 6) is 1.43. The maximum atomic E-state index is 12.0. The number of aromatic nitrogens is 5. The number of aryl methyl sites for hydroxylation is 1. The number of anilines is 1. The third kappa shape index (κ3) is 4.22. The van der Waals surface area contributed by atoms with Gasteiger partial charge in [-0.15, -0.1) is 0 Å². The maximum absolute atomic E-state index is 12.0. The van der Waals surface area contributed by atoms with E-state index in [9.17, 15) is 9.00 Å². The molecule has 0 aromatic carbocycles. The molecule has 0 aliphatic carbocycles. The predicted molar refractivity (Wildman–Crippen MR) is 120 cm³/mol. The second-order valence-electron chi connectivity index (χ2n) is 7.40. The first-order valence-corrected chi connectivity index (χ1v) is 11.7. The van der Waals surface area contributed by atoms with E-state index in [0.717, 1.165) is 6.42 Å². The van der Waals surface area contributed by atoms with Crippen molar-refractivity contribution < 1.29 is 18.5 Å². The van der Waals surface area contributed by atoms with Crippen molar-refractivity contribution in [3.8, 4) is 23.1 Å². The summed E-state index contributed by atoms with van der Waals surface area (Å²) in [4.78, 5) is 31.4. The molecule has 0 spiro atoms. The van der Waals surface area contributed by atoms with Crippen molar-refractivity contribution in [2.75, 3.05) is 31.2 Å². The van der Waals surface area contributed by atoms with Gasteiger partial charge in [0, 0.05) is 44.5 Å². The van der Waals surface area contributed by atoms with Crippen LogP contribution >= 0.6 is 0 Å². The van der Waals surface area contributed by atoms with Crippen LogP contribution in [-0.2, 0) is 22.8 Å². The third-order valence-electron chi connectivity index (χ3n) is 5.26.